The maximum atomic E-state index is 12.4. The molecule has 0 aliphatic carbocycles. The molecule has 0 aliphatic rings. The molecule has 0 atom stereocenters. The second-order valence-electron chi connectivity index (χ2n) is 7.11. The molecule has 0 radical (unpaired) electrons. The second kappa shape index (κ2) is 10.00. The number of aromatic nitrogens is 3. The second-order valence-corrected chi connectivity index (χ2v) is 8.46. The van der Waals surface area contributed by atoms with Gasteiger partial charge in [0.25, 0.3) is 0 Å². The van der Waals surface area contributed by atoms with Crippen LogP contribution in [0, 0.1) is 0 Å². The van der Waals surface area contributed by atoms with E-state index in [0.29, 0.717) is 22.0 Å². The quantitative estimate of drug-likeness (QED) is 0.490. The fourth-order valence-electron chi connectivity index (χ4n) is 3.23. The minimum Gasteiger partial charge on any atom is -0.369 e. The first-order chi connectivity index (χ1) is 14.4. The highest BCUT2D eigenvalue weighted by Crippen LogP contribution is 2.28. The van der Waals surface area contributed by atoms with Crippen LogP contribution >= 0.6 is 23.4 Å². The van der Waals surface area contributed by atoms with Gasteiger partial charge in [-0.2, -0.15) is 0 Å². The number of rotatable bonds is 8. The lowest BCUT2D eigenvalue weighted by Crippen LogP contribution is -2.30. The van der Waals surface area contributed by atoms with Crippen molar-refractivity contribution in [2.75, 3.05) is 22.5 Å². The van der Waals surface area contributed by atoms with Crippen LogP contribution in [-0.2, 0) is 11.8 Å². The SMILES string of the molecule is CCN(c1ccc(NC(=O)CSc2nnc(-c3ccccc3Cl)n2C)cc1)C(C)C. The fraction of sp³-hybridized carbons (Fsp3) is 0.318. The van der Waals surface area contributed by atoms with E-state index < -0.39 is 0 Å². The summed E-state index contributed by atoms with van der Waals surface area (Å²) < 4.78 is 1.85. The average molecular weight is 444 g/mol. The number of nitrogens with one attached hydrogen (secondary N) is 1. The number of carbonyl (C=O) groups is 1. The van der Waals surface area contributed by atoms with Crippen LogP contribution in [0.4, 0.5) is 11.4 Å². The van der Waals surface area contributed by atoms with Crippen LogP contribution in [0.1, 0.15) is 20.8 Å². The molecule has 6 nitrogen and oxygen atoms in total. The molecule has 3 aromatic rings. The highest BCUT2D eigenvalue weighted by Gasteiger charge is 2.15. The van der Waals surface area contributed by atoms with Crippen molar-refractivity contribution in [2.24, 2.45) is 7.05 Å². The summed E-state index contributed by atoms with van der Waals surface area (Å²) in [4.78, 5) is 14.7. The van der Waals surface area contributed by atoms with Gasteiger partial charge in [0, 0.05) is 36.6 Å². The monoisotopic (exact) mass is 443 g/mol. The number of benzene rings is 2. The zero-order valence-electron chi connectivity index (χ0n) is 17.6. The lowest BCUT2D eigenvalue weighted by Gasteiger charge is -2.27. The van der Waals surface area contributed by atoms with E-state index in [1.165, 1.54) is 11.8 Å². The molecule has 1 heterocycles. The van der Waals surface area contributed by atoms with Crippen molar-refractivity contribution in [1.29, 1.82) is 0 Å². The highest BCUT2D eigenvalue weighted by atomic mass is 35.5. The Hall–Kier alpha value is -2.51. The minimum atomic E-state index is -0.0914. The van der Waals surface area contributed by atoms with Gasteiger partial charge < -0.3 is 14.8 Å². The van der Waals surface area contributed by atoms with Gasteiger partial charge in [0.05, 0.1) is 10.8 Å². The standard InChI is InChI=1S/C22H26ClN5OS/c1-5-28(15(2)3)17-12-10-16(11-13-17)24-20(29)14-30-22-26-25-21(27(22)4)18-8-6-7-9-19(18)23/h6-13,15H,5,14H2,1-4H3,(H,24,29). The van der Waals surface area contributed by atoms with E-state index in [1.807, 2.05) is 60.1 Å². The summed E-state index contributed by atoms with van der Waals surface area (Å²) in [5, 5.41) is 12.6. The van der Waals surface area contributed by atoms with Crippen LogP contribution in [-0.4, -0.2) is 39.0 Å². The number of nitrogens with zero attached hydrogens (tertiary/aromatic N) is 4. The predicted molar refractivity (Wildman–Crippen MR) is 125 cm³/mol. The maximum absolute atomic E-state index is 12.4. The summed E-state index contributed by atoms with van der Waals surface area (Å²) in [7, 11) is 1.87. The molecule has 0 unspecified atom stereocenters. The van der Waals surface area contributed by atoms with E-state index in [9.17, 15) is 4.79 Å². The van der Waals surface area contributed by atoms with Gasteiger partial charge in [-0.05, 0) is 57.2 Å². The van der Waals surface area contributed by atoms with Gasteiger partial charge in [-0.15, -0.1) is 10.2 Å². The first kappa shape index (κ1) is 22.2. The first-order valence-electron chi connectivity index (χ1n) is 9.84. The van der Waals surface area contributed by atoms with E-state index >= 15 is 0 Å². The van der Waals surface area contributed by atoms with Crippen molar-refractivity contribution in [3.05, 3.63) is 53.6 Å². The van der Waals surface area contributed by atoms with Crippen LogP contribution in [0.5, 0.6) is 0 Å². The van der Waals surface area contributed by atoms with Crippen LogP contribution in [0.2, 0.25) is 5.02 Å². The Balaban J connectivity index is 1.60. The molecular formula is C22H26ClN5OS. The van der Waals surface area contributed by atoms with Crippen molar-refractivity contribution in [2.45, 2.75) is 32.0 Å². The summed E-state index contributed by atoms with van der Waals surface area (Å²) in [6, 6.07) is 15.8. The van der Waals surface area contributed by atoms with E-state index in [2.05, 4.69) is 41.2 Å². The van der Waals surface area contributed by atoms with Gasteiger partial charge >= 0.3 is 0 Å². The molecule has 158 valence electrons. The largest absolute Gasteiger partial charge is 0.369 e. The van der Waals surface area contributed by atoms with Gasteiger partial charge in [-0.1, -0.05) is 35.5 Å². The van der Waals surface area contributed by atoms with Crippen molar-refractivity contribution >= 4 is 40.6 Å². The molecule has 1 aromatic heterocycles. The van der Waals surface area contributed by atoms with Crippen molar-refractivity contribution in [3.8, 4) is 11.4 Å². The summed E-state index contributed by atoms with van der Waals surface area (Å²) in [6.07, 6.45) is 0. The molecular weight excluding hydrogens is 418 g/mol. The normalized spacial score (nSPS) is 11.0. The molecule has 30 heavy (non-hydrogen) atoms. The molecule has 0 aliphatic heterocycles. The van der Waals surface area contributed by atoms with Gasteiger partial charge in [-0.25, -0.2) is 0 Å². The summed E-state index contributed by atoms with van der Waals surface area (Å²) in [5.41, 5.74) is 2.73. The smallest absolute Gasteiger partial charge is 0.234 e. The van der Waals surface area contributed by atoms with Crippen molar-refractivity contribution in [3.63, 3.8) is 0 Å². The molecule has 0 bridgehead atoms. The predicted octanol–water partition coefficient (Wildman–Crippen LogP) is 5.10. The zero-order valence-corrected chi connectivity index (χ0v) is 19.2. The maximum Gasteiger partial charge on any atom is 0.234 e. The lowest BCUT2D eigenvalue weighted by atomic mass is 10.2. The van der Waals surface area contributed by atoms with Crippen molar-refractivity contribution in [1.82, 2.24) is 14.8 Å². The Bertz CT molecular complexity index is 1000. The van der Waals surface area contributed by atoms with E-state index in [0.717, 1.165) is 23.5 Å². The van der Waals surface area contributed by atoms with Crippen LogP contribution < -0.4 is 10.2 Å². The number of halogens is 1. The van der Waals surface area contributed by atoms with E-state index in [4.69, 9.17) is 11.6 Å². The van der Waals surface area contributed by atoms with E-state index in [1.54, 1.807) is 0 Å². The Morgan fingerprint density at radius 2 is 1.87 bits per heavy atom. The number of amides is 1. The lowest BCUT2D eigenvalue weighted by molar-refractivity contribution is -0.113. The Morgan fingerprint density at radius 3 is 2.50 bits per heavy atom. The third-order valence-corrected chi connectivity index (χ3v) is 6.08. The molecule has 0 spiro atoms. The van der Waals surface area contributed by atoms with Crippen molar-refractivity contribution < 1.29 is 4.79 Å². The number of carbonyl (C=O) groups excluding carboxylic acids is 1. The Morgan fingerprint density at radius 1 is 1.17 bits per heavy atom. The third-order valence-electron chi connectivity index (χ3n) is 4.73. The van der Waals surface area contributed by atoms with Gasteiger partial charge in [0.15, 0.2) is 11.0 Å². The molecule has 0 saturated heterocycles. The summed E-state index contributed by atoms with van der Waals surface area (Å²) >= 11 is 7.60. The molecule has 1 N–H and O–H groups in total. The van der Waals surface area contributed by atoms with Crippen LogP contribution in [0.3, 0.4) is 0 Å². The Kier molecular flexibility index (Phi) is 7.39. The number of thioether (sulfide) groups is 1. The molecule has 0 saturated carbocycles. The topological polar surface area (TPSA) is 63.1 Å². The van der Waals surface area contributed by atoms with Crippen LogP contribution in [0.15, 0.2) is 53.7 Å². The molecule has 8 heteroatoms. The zero-order chi connectivity index (χ0) is 21.7. The molecule has 3 rings (SSSR count). The minimum absolute atomic E-state index is 0.0914. The summed E-state index contributed by atoms with van der Waals surface area (Å²) in [6.45, 7) is 7.41. The third kappa shape index (κ3) is 5.15. The fourth-order valence-corrected chi connectivity index (χ4v) is 4.16. The highest BCUT2D eigenvalue weighted by molar-refractivity contribution is 7.99. The molecule has 0 fully saturated rings. The number of anilines is 2. The first-order valence-corrected chi connectivity index (χ1v) is 11.2. The summed E-state index contributed by atoms with van der Waals surface area (Å²) in [5.74, 6) is 0.819. The number of hydrogen-bond donors (Lipinski definition) is 1. The number of hydrogen-bond acceptors (Lipinski definition) is 5. The van der Waals surface area contributed by atoms with Gasteiger partial charge in [0.1, 0.15) is 0 Å². The average Bonchev–Trinajstić information content (AvgIpc) is 3.08. The molecule has 1 amide bonds. The van der Waals surface area contributed by atoms with Crippen LogP contribution in [0.25, 0.3) is 11.4 Å². The molecule has 2 aromatic carbocycles. The Labute approximate surface area is 186 Å². The van der Waals surface area contributed by atoms with E-state index in [-0.39, 0.29) is 11.7 Å². The van der Waals surface area contributed by atoms with Gasteiger partial charge in [-0.3, -0.25) is 4.79 Å². The van der Waals surface area contributed by atoms with Gasteiger partial charge in [0.2, 0.25) is 5.91 Å².